The number of carbonyl (C=O) groups excluding carboxylic acids is 1. The van der Waals surface area contributed by atoms with Gasteiger partial charge >= 0.3 is 0 Å². The van der Waals surface area contributed by atoms with Gasteiger partial charge in [-0.25, -0.2) is 0 Å². The van der Waals surface area contributed by atoms with Crippen molar-refractivity contribution < 1.29 is 9.53 Å². The van der Waals surface area contributed by atoms with E-state index in [0.29, 0.717) is 12.3 Å². The van der Waals surface area contributed by atoms with Crippen molar-refractivity contribution in [2.75, 3.05) is 33.3 Å². The molecule has 0 aromatic carbocycles. The van der Waals surface area contributed by atoms with Gasteiger partial charge in [-0.1, -0.05) is 0 Å². The van der Waals surface area contributed by atoms with E-state index < -0.39 is 0 Å². The van der Waals surface area contributed by atoms with Crippen molar-refractivity contribution in [3.05, 3.63) is 0 Å². The maximum Gasteiger partial charge on any atom is 0.225 e. The second-order valence-electron chi connectivity index (χ2n) is 5.57. The van der Waals surface area contributed by atoms with Crippen LogP contribution in [-0.4, -0.2) is 50.2 Å². The quantitative estimate of drug-likeness (QED) is 0.859. The summed E-state index contributed by atoms with van der Waals surface area (Å²) in [6.45, 7) is 3.77. The fraction of sp³-hybridized carbons (Fsp3) is 0.929. The second-order valence-corrected chi connectivity index (χ2v) is 5.57. The molecule has 1 atom stereocenters. The van der Waals surface area contributed by atoms with Crippen LogP contribution in [-0.2, 0) is 9.53 Å². The van der Waals surface area contributed by atoms with Crippen molar-refractivity contribution >= 4 is 18.3 Å². The Bertz CT molecular complexity index is 262. The van der Waals surface area contributed by atoms with E-state index in [0.717, 1.165) is 57.8 Å². The van der Waals surface area contributed by atoms with Crippen LogP contribution in [0.3, 0.4) is 0 Å². The number of likely N-dealkylation sites (tertiary alicyclic amines) is 1. The molecule has 2 saturated heterocycles. The summed E-state index contributed by atoms with van der Waals surface area (Å²) in [5.74, 6) is 1.04. The van der Waals surface area contributed by atoms with Crippen LogP contribution in [0.2, 0.25) is 0 Å². The van der Waals surface area contributed by atoms with Gasteiger partial charge in [0.25, 0.3) is 0 Å². The van der Waals surface area contributed by atoms with E-state index in [2.05, 4.69) is 5.32 Å². The van der Waals surface area contributed by atoms with Gasteiger partial charge in [0.2, 0.25) is 5.91 Å². The summed E-state index contributed by atoms with van der Waals surface area (Å²) in [4.78, 5) is 14.2. The number of amides is 1. The molecule has 0 bridgehead atoms. The molecule has 2 aliphatic heterocycles. The van der Waals surface area contributed by atoms with E-state index in [4.69, 9.17) is 4.74 Å². The molecule has 0 aromatic rings. The molecule has 0 saturated carbocycles. The summed E-state index contributed by atoms with van der Waals surface area (Å²) in [6, 6.07) is 0. The standard InChI is InChI=1S/C14H26N2O2.ClH/c1-15-11-12-5-7-16(8-6-12)14(17)10-13-4-2-3-9-18-13;/h12-13,15H,2-11H2,1H3;1H. The highest BCUT2D eigenvalue weighted by Gasteiger charge is 2.25. The average molecular weight is 291 g/mol. The molecule has 0 spiro atoms. The fourth-order valence-electron chi connectivity index (χ4n) is 2.97. The molecule has 112 valence electrons. The third-order valence-corrected chi connectivity index (χ3v) is 4.14. The van der Waals surface area contributed by atoms with Crippen molar-refractivity contribution in [2.45, 2.75) is 44.6 Å². The van der Waals surface area contributed by atoms with E-state index in [9.17, 15) is 4.79 Å². The summed E-state index contributed by atoms with van der Waals surface area (Å²) < 4.78 is 5.64. The molecule has 2 aliphatic rings. The van der Waals surface area contributed by atoms with Crippen molar-refractivity contribution in [2.24, 2.45) is 5.92 Å². The summed E-state index contributed by atoms with van der Waals surface area (Å²) >= 11 is 0. The third kappa shape index (κ3) is 5.28. The zero-order valence-corrected chi connectivity index (χ0v) is 12.7. The predicted molar refractivity (Wildman–Crippen MR) is 78.7 cm³/mol. The maximum absolute atomic E-state index is 12.2. The maximum atomic E-state index is 12.2. The van der Waals surface area contributed by atoms with Gasteiger partial charge in [-0.15, -0.1) is 12.4 Å². The van der Waals surface area contributed by atoms with Crippen LogP contribution in [0.1, 0.15) is 38.5 Å². The monoisotopic (exact) mass is 290 g/mol. The molecular formula is C14H27ClN2O2. The average Bonchev–Trinajstić information content (AvgIpc) is 2.41. The Morgan fingerprint density at radius 1 is 1.26 bits per heavy atom. The van der Waals surface area contributed by atoms with Crippen molar-refractivity contribution in [1.82, 2.24) is 10.2 Å². The second kappa shape index (κ2) is 8.77. The number of piperidine rings is 1. The topological polar surface area (TPSA) is 41.6 Å². The molecule has 2 rings (SSSR count). The summed E-state index contributed by atoms with van der Waals surface area (Å²) in [5, 5.41) is 3.22. The van der Waals surface area contributed by atoms with Gasteiger partial charge in [-0.2, -0.15) is 0 Å². The molecule has 2 heterocycles. The molecule has 0 radical (unpaired) electrons. The highest BCUT2D eigenvalue weighted by molar-refractivity contribution is 5.85. The minimum atomic E-state index is 0. The number of hydrogen-bond acceptors (Lipinski definition) is 3. The SMILES string of the molecule is CNCC1CCN(C(=O)CC2CCCCO2)CC1.Cl. The van der Waals surface area contributed by atoms with E-state index in [1.807, 2.05) is 11.9 Å². The number of nitrogens with one attached hydrogen (secondary N) is 1. The van der Waals surface area contributed by atoms with Crippen LogP contribution in [0.15, 0.2) is 0 Å². The summed E-state index contributed by atoms with van der Waals surface area (Å²) in [6.07, 6.45) is 6.47. The highest BCUT2D eigenvalue weighted by atomic mass is 35.5. The van der Waals surface area contributed by atoms with E-state index in [-0.39, 0.29) is 18.5 Å². The van der Waals surface area contributed by atoms with Gasteiger partial charge in [0, 0.05) is 19.7 Å². The molecule has 1 N–H and O–H groups in total. The Morgan fingerprint density at radius 3 is 2.58 bits per heavy atom. The molecule has 19 heavy (non-hydrogen) atoms. The lowest BCUT2D eigenvalue weighted by atomic mass is 9.96. The van der Waals surface area contributed by atoms with E-state index >= 15 is 0 Å². The zero-order valence-electron chi connectivity index (χ0n) is 11.9. The van der Waals surface area contributed by atoms with Gasteiger partial charge in [-0.3, -0.25) is 4.79 Å². The van der Waals surface area contributed by atoms with Gasteiger partial charge in [0.15, 0.2) is 0 Å². The number of rotatable bonds is 4. The number of nitrogens with zero attached hydrogens (tertiary/aromatic N) is 1. The number of carbonyl (C=O) groups is 1. The lowest BCUT2D eigenvalue weighted by molar-refractivity contribution is -0.136. The number of hydrogen-bond donors (Lipinski definition) is 1. The third-order valence-electron chi connectivity index (χ3n) is 4.14. The number of ether oxygens (including phenoxy) is 1. The van der Waals surface area contributed by atoms with Crippen LogP contribution < -0.4 is 5.32 Å². The fourth-order valence-corrected chi connectivity index (χ4v) is 2.97. The van der Waals surface area contributed by atoms with Crippen LogP contribution in [0.4, 0.5) is 0 Å². The Labute approximate surface area is 122 Å². The van der Waals surface area contributed by atoms with Crippen molar-refractivity contribution in [3.8, 4) is 0 Å². The predicted octanol–water partition coefficient (Wildman–Crippen LogP) is 1.83. The van der Waals surface area contributed by atoms with Crippen LogP contribution in [0, 0.1) is 5.92 Å². The molecule has 1 unspecified atom stereocenters. The first-order valence-corrected chi connectivity index (χ1v) is 7.33. The largest absolute Gasteiger partial charge is 0.378 e. The Balaban J connectivity index is 0.00000180. The first kappa shape index (κ1) is 16.7. The van der Waals surface area contributed by atoms with Gasteiger partial charge in [0.05, 0.1) is 12.5 Å². The normalized spacial score (nSPS) is 24.9. The summed E-state index contributed by atoms with van der Waals surface area (Å²) in [5.41, 5.74) is 0. The molecule has 2 fully saturated rings. The van der Waals surface area contributed by atoms with E-state index in [1.54, 1.807) is 0 Å². The molecule has 1 amide bonds. The lowest BCUT2D eigenvalue weighted by Gasteiger charge is -2.33. The van der Waals surface area contributed by atoms with Crippen LogP contribution in [0.5, 0.6) is 0 Å². The van der Waals surface area contributed by atoms with E-state index in [1.165, 1.54) is 6.42 Å². The molecule has 4 nitrogen and oxygen atoms in total. The molecular weight excluding hydrogens is 264 g/mol. The van der Waals surface area contributed by atoms with Crippen LogP contribution >= 0.6 is 12.4 Å². The first-order chi connectivity index (χ1) is 8.79. The minimum absolute atomic E-state index is 0. The highest BCUT2D eigenvalue weighted by Crippen LogP contribution is 2.20. The first-order valence-electron chi connectivity index (χ1n) is 7.33. The smallest absolute Gasteiger partial charge is 0.225 e. The zero-order chi connectivity index (χ0) is 12.8. The Morgan fingerprint density at radius 2 is 2.00 bits per heavy atom. The minimum Gasteiger partial charge on any atom is -0.378 e. The Hall–Kier alpha value is -0.320. The lowest BCUT2D eigenvalue weighted by Crippen LogP contribution is -2.42. The van der Waals surface area contributed by atoms with Crippen molar-refractivity contribution in [1.29, 1.82) is 0 Å². The van der Waals surface area contributed by atoms with Gasteiger partial charge in [0.1, 0.15) is 0 Å². The molecule has 0 aromatic heterocycles. The molecule has 5 heteroatoms. The van der Waals surface area contributed by atoms with Gasteiger partial charge in [-0.05, 0) is 51.6 Å². The number of halogens is 1. The van der Waals surface area contributed by atoms with Crippen LogP contribution in [0.25, 0.3) is 0 Å². The Kier molecular flexibility index (Phi) is 7.73. The molecule has 0 aliphatic carbocycles. The summed E-state index contributed by atoms with van der Waals surface area (Å²) in [7, 11) is 2.00. The van der Waals surface area contributed by atoms with Crippen molar-refractivity contribution in [3.63, 3.8) is 0 Å². The van der Waals surface area contributed by atoms with Gasteiger partial charge < -0.3 is 15.0 Å².